The predicted molar refractivity (Wildman–Crippen MR) is 150 cm³/mol. The van der Waals surface area contributed by atoms with Crippen LogP contribution in [0.4, 0.5) is 22.7 Å². The Kier molecular flexibility index (Phi) is 8.48. The number of nitro benzene ring substituents is 1. The average Bonchev–Trinajstić information content (AvgIpc) is 3.01. The lowest BCUT2D eigenvalue weighted by Crippen LogP contribution is -2.28. The molecule has 0 aliphatic rings. The molecule has 0 fully saturated rings. The summed E-state index contributed by atoms with van der Waals surface area (Å²) >= 11 is 0. The third-order valence-electron chi connectivity index (χ3n) is 6.01. The largest absolute Gasteiger partial charge is 0.465 e. The Morgan fingerprint density at radius 1 is 0.732 bits per heavy atom. The van der Waals surface area contributed by atoms with Crippen LogP contribution in [0.3, 0.4) is 0 Å². The molecule has 0 atom stereocenters. The van der Waals surface area contributed by atoms with Crippen molar-refractivity contribution in [3.05, 3.63) is 129 Å². The van der Waals surface area contributed by atoms with Gasteiger partial charge in [0, 0.05) is 23.3 Å². The minimum atomic E-state index is -0.827. The van der Waals surface area contributed by atoms with Crippen molar-refractivity contribution in [1.82, 2.24) is 0 Å². The van der Waals surface area contributed by atoms with Crippen molar-refractivity contribution in [2.75, 3.05) is 24.4 Å². The summed E-state index contributed by atoms with van der Waals surface area (Å²) in [5.74, 6) is -2.76. The van der Waals surface area contributed by atoms with Crippen molar-refractivity contribution < 1.29 is 33.6 Å². The summed E-state index contributed by atoms with van der Waals surface area (Å²) < 4.78 is 9.64. The van der Waals surface area contributed by atoms with Gasteiger partial charge in [0.1, 0.15) is 0 Å². The molecule has 41 heavy (non-hydrogen) atoms. The summed E-state index contributed by atoms with van der Waals surface area (Å²) in [5, 5.41) is 13.9. The quantitative estimate of drug-likeness (QED) is 0.173. The molecule has 0 saturated carbocycles. The molecule has 1 N–H and O–H groups in total. The Hall–Kier alpha value is -5.84. The van der Waals surface area contributed by atoms with Gasteiger partial charge in [-0.05, 0) is 48.5 Å². The Balaban J connectivity index is 1.86. The number of benzene rings is 4. The molecule has 4 aromatic carbocycles. The molecule has 4 aromatic rings. The molecule has 0 aliphatic heterocycles. The lowest BCUT2D eigenvalue weighted by atomic mass is 10.0. The molecule has 0 saturated heterocycles. The van der Waals surface area contributed by atoms with Crippen molar-refractivity contribution in [3.8, 4) is 0 Å². The van der Waals surface area contributed by atoms with Gasteiger partial charge in [0.25, 0.3) is 17.5 Å². The van der Waals surface area contributed by atoms with Gasteiger partial charge in [-0.2, -0.15) is 0 Å². The van der Waals surface area contributed by atoms with Gasteiger partial charge in [-0.3, -0.25) is 24.6 Å². The number of nitrogens with one attached hydrogen (secondary N) is 1. The van der Waals surface area contributed by atoms with E-state index in [1.54, 1.807) is 54.6 Å². The molecule has 0 radical (unpaired) electrons. The maximum atomic E-state index is 13.9. The molecular formula is C30H23N3O8. The first kappa shape index (κ1) is 28.2. The van der Waals surface area contributed by atoms with Crippen molar-refractivity contribution in [2.45, 2.75) is 0 Å². The van der Waals surface area contributed by atoms with Gasteiger partial charge in [0.2, 0.25) is 0 Å². The number of hydrogen-bond donors (Lipinski definition) is 1. The van der Waals surface area contributed by atoms with Crippen molar-refractivity contribution in [2.24, 2.45) is 0 Å². The number of nitro groups is 1. The van der Waals surface area contributed by atoms with Crippen LogP contribution in [0.25, 0.3) is 0 Å². The summed E-state index contributed by atoms with van der Waals surface area (Å²) in [5.41, 5.74) is 0.473. The molecule has 11 nitrogen and oxygen atoms in total. The van der Waals surface area contributed by atoms with Crippen LogP contribution < -0.4 is 10.2 Å². The fourth-order valence-electron chi connectivity index (χ4n) is 4.04. The molecule has 0 bridgehead atoms. The van der Waals surface area contributed by atoms with Crippen LogP contribution in [0.15, 0.2) is 97.1 Å². The zero-order chi connectivity index (χ0) is 29.5. The SMILES string of the molecule is COC(=O)c1ccc(N(C(=O)c2ccccc2)c2ccccc2NC(=O)c2cccc([N+](=O)[O-])c2)cc1C(=O)OC. The van der Waals surface area contributed by atoms with Crippen LogP contribution >= 0.6 is 0 Å². The van der Waals surface area contributed by atoms with Gasteiger partial charge < -0.3 is 14.8 Å². The predicted octanol–water partition coefficient (Wildman–Crippen LogP) is 5.40. The molecule has 206 valence electrons. The molecule has 0 aromatic heterocycles. The molecule has 4 rings (SSSR count). The van der Waals surface area contributed by atoms with Crippen LogP contribution in [-0.4, -0.2) is 42.9 Å². The van der Waals surface area contributed by atoms with Crippen LogP contribution in [0.2, 0.25) is 0 Å². The first-order valence-electron chi connectivity index (χ1n) is 12.1. The van der Waals surface area contributed by atoms with E-state index in [-0.39, 0.29) is 39.4 Å². The first-order chi connectivity index (χ1) is 19.7. The summed E-state index contributed by atoms with van der Waals surface area (Å²) in [6, 6.07) is 24.1. The van der Waals surface area contributed by atoms with Crippen LogP contribution in [0, 0.1) is 10.1 Å². The molecule has 11 heteroatoms. The van der Waals surface area contributed by atoms with E-state index in [0.29, 0.717) is 5.56 Å². The second-order valence-corrected chi connectivity index (χ2v) is 8.50. The minimum Gasteiger partial charge on any atom is -0.465 e. The maximum Gasteiger partial charge on any atom is 0.338 e. The van der Waals surface area contributed by atoms with Crippen LogP contribution in [-0.2, 0) is 9.47 Å². The van der Waals surface area contributed by atoms with E-state index in [2.05, 4.69) is 5.32 Å². The first-order valence-corrected chi connectivity index (χ1v) is 12.1. The molecule has 0 heterocycles. The maximum absolute atomic E-state index is 13.9. The van der Waals surface area contributed by atoms with E-state index in [1.807, 2.05) is 0 Å². The zero-order valence-corrected chi connectivity index (χ0v) is 21.9. The number of carbonyl (C=O) groups is 4. The summed E-state index contributed by atoms with van der Waals surface area (Å²) in [6.45, 7) is 0. The Morgan fingerprint density at radius 3 is 2.05 bits per heavy atom. The second-order valence-electron chi connectivity index (χ2n) is 8.50. The number of non-ortho nitro benzene ring substituents is 1. The monoisotopic (exact) mass is 553 g/mol. The molecular weight excluding hydrogens is 530 g/mol. The van der Waals surface area contributed by atoms with Crippen LogP contribution in [0.5, 0.6) is 0 Å². The Labute approximate surface area is 234 Å². The summed E-state index contributed by atoms with van der Waals surface area (Å²) in [4.78, 5) is 63.9. The second kappa shape index (κ2) is 12.3. The highest BCUT2D eigenvalue weighted by molar-refractivity contribution is 6.15. The third-order valence-corrected chi connectivity index (χ3v) is 6.01. The van der Waals surface area contributed by atoms with Crippen LogP contribution in [0.1, 0.15) is 41.4 Å². The highest BCUT2D eigenvalue weighted by Gasteiger charge is 2.27. The Bertz CT molecular complexity index is 1650. The van der Waals surface area contributed by atoms with E-state index < -0.39 is 28.7 Å². The number of nitrogens with zero attached hydrogens (tertiary/aromatic N) is 2. The highest BCUT2D eigenvalue weighted by atomic mass is 16.6. The van der Waals surface area contributed by atoms with Gasteiger partial charge in [-0.1, -0.05) is 36.4 Å². The van der Waals surface area contributed by atoms with Gasteiger partial charge in [-0.25, -0.2) is 9.59 Å². The smallest absolute Gasteiger partial charge is 0.338 e. The average molecular weight is 554 g/mol. The number of methoxy groups -OCH3 is 2. The lowest BCUT2D eigenvalue weighted by molar-refractivity contribution is -0.384. The highest BCUT2D eigenvalue weighted by Crippen LogP contribution is 2.35. The zero-order valence-electron chi connectivity index (χ0n) is 21.9. The van der Waals surface area contributed by atoms with Gasteiger partial charge in [0.05, 0.1) is 47.3 Å². The lowest BCUT2D eigenvalue weighted by Gasteiger charge is -2.26. The molecule has 2 amide bonds. The van der Waals surface area contributed by atoms with Crippen molar-refractivity contribution in [1.29, 1.82) is 0 Å². The van der Waals surface area contributed by atoms with E-state index in [1.165, 1.54) is 48.4 Å². The number of hydrogen-bond acceptors (Lipinski definition) is 8. The number of anilines is 3. The molecule has 0 aliphatic carbocycles. The van der Waals surface area contributed by atoms with E-state index in [0.717, 1.165) is 13.2 Å². The van der Waals surface area contributed by atoms with E-state index in [9.17, 15) is 29.3 Å². The third kappa shape index (κ3) is 6.09. The number of esters is 2. The summed E-state index contributed by atoms with van der Waals surface area (Å²) in [6.07, 6.45) is 0. The Morgan fingerprint density at radius 2 is 1.37 bits per heavy atom. The van der Waals surface area contributed by atoms with Gasteiger partial charge >= 0.3 is 11.9 Å². The number of rotatable bonds is 8. The number of carbonyl (C=O) groups excluding carboxylic acids is 4. The normalized spacial score (nSPS) is 10.3. The fourth-order valence-corrected chi connectivity index (χ4v) is 4.04. The van der Waals surface area contributed by atoms with Gasteiger partial charge in [-0.15, -0.1) is 0 Å². The van der Waals surface area contributed by atoms with Crippen molar-refractivity contribution >= 4 is 46.5 Å². The minimum absolute atomic E-state index is 0.0327. The standard InChI is InChI=1S/C30H23N3O8/c1-40-29(36)23-16-15-21(18-24(23)30(37)41-2)32(28(35)19-9-4-3-5-10-19)26-14-7-6-13-25(26)31-27(34)20-11-8-12-22(17-20)33(38)39/h3-18H,1-2H3,(H,31,34). The van der Waals surface area contributed by atoms with E-state index in [4.69, 9.17) is 9.47 Å². The fraction of sp³-hybridized carbons (Fsp3) is 0.0667. The topological polar surface area (TPSA) is 145 Å². The van der Waals surface area contributed by atoms with Crippen molar-refractivity contribution in [3.63, 3.8) is 0 Å². The number of ether oxygens (including phenoxy) is 2. The summed E-state index contributed by atoms with van der Waals surface area (Å²) in [7, 11) is 2.32. The van der Waals surface area contributed by atoms with E-state index >= 15 is 0 Å². The number of amides is 2. The van der Waals surface area contributed by atoms with Gasteiger partial charge in [0.15, 0.2) is 0 Å². The molecule has 0 spiro atoms. The number of para-hydroxylation sites is 2. The molecule has 0 unspecified atom stereocenters.